The van der Waals surface area contributed by atoms with Crippen molar-refractivity contribution in [3.63, 3.8) is 0 Å². The lowest BCUT2D eigenvalue weighted by atomic mass is 9.85. The van der Waals surface area contributed by atoms with Crippen molar-refractivity contribution < 1.29 is 28.6 Å². The average molecular weight is 566 g/mol. The standard InChI is InChI=1S/C32H43N3O6/c1-18-26-17-35(27(18)19(2)36)30(37)28(32(3,4)5)34-31(38)41-25-15-21(25)10-8-7-9-11-22-14-20-12-13-23(39-6)16-24(20)33-29(22)40-26/h12-14,16,18,21,25-28H,7-11,15,17H2,1-6H3,(H,34,38)/t18-,21-,25-,26+,27+,28-/m1/s1. The summed E-state index contributed by atoms with van der Waals surface area (Å²) in [5, 5.41) is 3.85. The Hall–Kier alpha value is -3.36. The lowest BCUT2D eigenvalue weighted by Crippen LogP contribution is -2.57. The first-order chi connectivity index (χ1) is 19.5. The van der Waals surface area contributed by atoms with E-state index in [-0.39, 0.29) is 30.3 Å². The molecule has 1 aromatic heterocycles. The van der Waals surface area contributed by atoms with E-state index in [4.69, 9.17) is 19.2 Å². The maximum absolute atomic E-state index is 14.1. The number of carbonyl (C=O) groups is 3. The number of aryl methyl sites for hydroxylation is 1. The minimum atomic E-state index is -0.860. The molecular formula is C32H43N3O6. The zero-order chi connectivity index (χ0) is 29.5. The van der Waals surface area contributed by atoms with Crippen molar-refractivity contribution in [2.75, 3.05) is 13.7 Å². The van der Waals surface area contributed by atoms with Gasteiger partial charge in [0.25, 0.3) is 0 Å². The number of nitrogens with one attached hydrogen (secondary N) is 1. The first-order valence-electron chi connectivity index (χ1n) is 14.9. The number of aromatic nitrogens is 1. The highest BCUT2D eigenvalue weighted by Gasteiger charge is 2.49. The Labute approximate surface area is 242 Å². The molecule has 5 rings (SSSR count). The summed E-state index contributed by atoms with van der Waals surface area (Å²) in [5.41, 5.74) is 1.19. The number of pyridine rings is 1. The molecule has 1 aliphatic carbocycles. The number of hydrogen-bond acceptors (Lipinski definition) is 7. The van der Waals surface area contributed by atoms with E-state index < -0.39 is 29.7 Å². The van der Waals surface area contributed by atoms with Crippen LogP contribution in [0.25, 0.3) is 10.9 Å². The smallest absolute Gasteiger partial charge is 0.408 e. The number of carbonyl (C=O) groups excluding carboxylic acids is 3. The number of fused-ring (bicyclic) bond motifs is 5. The minimum absolute atomic E-state index is 0.104. The van der Waals surface area contributed by atoms with Gasteiger partial charge < -0.3 is 24.4 Å². The zero-order valence-electron chi connectivity index (χ0n) is 25.1. The maximum atomic E-state index is 14.1. The molecule has 222 valence electrons. The second-order valence-electron chi connectivity index (χ2n) is 13.1. The number of rotatable bonds is 2. The number of methoxy groups -OCH3 is 1. The number of ketones is 1. The topological polar surface area (TPSA) is 107 Å². The third kappa shape index (κ3) is 6.28. The Balaban J connectivity index is 1.51. The van der Waals surface area contributed by atoms with Crippen molar-refractivity contribution in [3.8, 4) is 11.6 Å². The van der Waals surface area contributed by atoms with Crippen molar-refractivity contribution >= 4 is 28.7 Å². The van der Waals surface area contributed by atoms with Gasteiger partial charge in [-0.15, -0.1) is 0 Å². The molecule has 6 atom stereocenters. The Kier molecular flexibility index (Phi) is 8.17. The van der Waals surface area contributed by atoms with E-state index in [0.717, 1.165) is 55.0 Å². The molecule has 9 heteroatoms. The van der Waals surface area contributed by atoms with E-state index in [2.05, 4.69) is 11.4 Å². The van der Waals surface area contributed by atoms with Gasteiger partial charge in [-0.25, -0.2) is 9.78 Å². The van der Waals surface area contributed by atoms with Crippen LogP contribution in [0.2, 0.25) is 0 Å². The van der Waals surface area contributed by atoms with E-state index in [1.807, 2.05) is 45.9 Å². The second kappa shape index (κ2) is 11.5. The Morgan fingerprint density at radius 2 is 1.88 bits per heavy atom. The van der Waals surface area contributed by atoms with Gasteiger partial charge in [0.2, 0.25) is 11.8 Å². The molecule has 1 aromatic carbocycles. The highest BCUT2D eigenvalue weighted by atomic mass is 16.6. The van der Waals surface area contributed by atoms with Crippen LogP contribution in [0.3, 0.4) is 0 Å². The molecule has 9 nitrogen and oxygen atoms in total. The highest BCUT2D eigenvalue weighted by Crippen LogP contribution is 2.39. The summed E-state index contributed by atoms with van der Waals surface area (Å²) in [4.78, 5) is 46.3. The van der Waals surface area contributed by atoms with Crippen molar-refractivity contribution in [1.82, 2.24) is 15.2 Å². The third-order valence-electron chi connectivity index (χ3n) is 8.84. The second-order valence-corrected chi connectivity index (χ2v) is 13.1. The van der Waals surface area contributed by atoms with E-state index >= 15 is 0 Å². The molecule has 1 N–H and O–H groups in total. The first kappa shape index (κ1) is 29.1. The number of benzene rings is 1. The summed E-state index contributed by atoms with van der Waals surface area (Å²) in [6.45, 7) is 9.37. The molecule has 2 amide bonds. The summed E-state index contributed by atoms with van der Waals surface area (Å²) >= 11 is 0. The number of alkyl carbamates (subject to hydrolysis) is 1. The van der Waals surface area contributed by atoms with Gasteiger partial charge >= 0.3 is 6.09 Å². The fourth-order valence-corrected chi connectivity index (χ4v) is 6.32. The molecule has 1 saturated heterocycles. The molecule has 0 radical (unpaired) electrons. The molecule has 3 aliphatic rings. The van der Waals surface area contributed by atoms with Gasteiger partial charge in [0.05, 0.1) is 25.2 Å². The summed E-state index contributed by atoms with van der Waals surface area (Å²) in [5.74, 6) is 0.922. The van der Waals surface area contributed by atoms with Crippen LogP contribution in [0, 0.1) is 17.3 Å². The minimum Gasteiger partial charge on any atom is -0.497 e. The van der Waals surface area contributed by atoms with Crippen LogP contribution in [0.4, 0.5) is 4.79 Å². The Bertz CT molecular complexity index is 1320. The quantitative estimate of drug-likeness (QED) is 0.542. The number of hydrogen-bond donors (Lipinski definition) is 1. The third-order valence-corrected chi connectivity index (χ3v) is 8.84. The number of amides is 2. The fraction of sp³-hybridized carbons (Fsp3) is 0.625. The van der Waals surface area contributed by atoms with Crippen LogP contribution in [-0.4, -0.2) is 65.6 Å². The van der Waals surface area contributed by atoms with E-state index in [0.29, 0.717) is 17.5 Å². The van der Waals surface area contributed by atoms with Gasteiger partial charge in [0, 0.05) is 22.9 Å². The molecule has 1 saturated carbocycles. The van der Waals surface area contributed by atoms with Gasteiger partial charge in [-0.3, -0.25) is 9.59 Å². The molecule has 2 bridgehead atoms. The van der Waals surface area contributed by atoms with Crippen LogP contribution in [-0.2, 0) is 20.7 Å². The van der Waals surface area contributed by atoms with Gasteiger partial charge in [-0.05, 0) is 62.1 Å². The van der Waals surface area contributed by atoms with Gasteiger partial charge in [-0.1, -0.05) is 40.5 Å². The van der Waals surface area contributed by atoms with Gasteiger partial charge in [0.1, 0.15) is 24.0 Å². The van der Waals surface area contributed by atoms with Crippen molar-refractivity contribution in [3.05, 3.63) is 29.8 Å². The summed E-state index contributed by atoms with van der Waals surface area (Å²) in [6.07, 6.45) is 4.63. The predicted octanol–water partition coefficient (Wildman–Crippen LogP) is 5.07. The zero-order valence-corrected chi connectivity index (χ0v) is 25.1. The average Bonchev–Trinajstić information content (AvgIpc) is 3.56. The Morgan fingerprint density at radius 1 is 1.10 bits per heavy atom. The largest absolute Gasteiger partial charge is 0.497 e. The molecule has 41 heavy (non-hydrogen) atoms. The predicted molar refractivity (Wildman–Crippen MR) is 155 cm³/mol. The van der Waals surface area contributed by atoms with Crippen LogP contribution in [0.1, 0.15) is 72.3 Å². The monoisotopic (exact) mass is 565 g/mol. The van der Waals surface area contributed by atoms with E-state index in [1.54, 1.807) is 12.0 Å². The SMILES string of the molecule is COc1ccc2cc3c(nc2c1)O[C@H]1CN(C(=O)[C@H](C(C)(C)C)NC(=O)O[C@@H]2C[C@H]2CCCCC3)[C@H](C(C)=O)[C@@H]1C. The van der Waals surface area contributed by atoms with Crippen LogP contribution in [0.15, 0.2) is 24.3 Å². The number of Topliss-reactive ketones (excluding diaryl/α,β-unsaturated/α-hetero) is 1. The summed E-state index contributed by atoms with van der Waals surface area (Å²) in [6, 6.07) is 6.43. The molecule has 3 heterocycles. The fourth-order valence-electron chi connectivity index (χ4n) is 6.32. The molecule has 0 unspecified atom stereocenters. The molecule has 2 aromatic rings. The normalized spacial score (nSPS) is 29.3. The van der Waals surface area contributed by atoms with Crippen LogP contribution >= 0.6 is 0 Å². The molecule has 2 fully saturated rings. The number of nitrogens with zero attached hydrogens (tertiary/aromatic N) is 2. The van der Waals surface area contributed by atoms with Crippen LogP contribution in [0.5, 0.6) is 11.6 Å². The summed E-state index contributed by atoms with van der Waals surface area (Å²) < 4.78 is 17.7. The molecule has 2 aliphatic heterocycles. The molecular weight excluding hydrogens is 522 g/mol. The molecule has 0 spiro atoms. The first-order valence-corrected chi connectivity index (χ1v) is 14.9. The summed E-state index contributed by atoms with van der Waals surface area (Å²) in [7, 11) is 1.63. The van der Waals surface area contributed by atoms with Crippen molar-refractivity contribution in [2.24, 2.45) is 17.3 Å². The Morgan fingerprint density at radius 3 is 2.59 bits per heavy atom. The van der Waals surface area contributed by atoms with Crippen LogP contribution < -0.4 is 14.8 Å². The van der Waals surface area contributed by atoms with Crippen molar-refractivity contribution in [2.45, 2.75) is 97.4 Å². The lowest BCUT2D eigenvalue weighted by molar-refractivity contribution is -0.141. The highest BCUT2D eigenvalue weighted by molar-refractivity contribution is 5.92. The lowest BCUT2D eigenvalue weighted by Gasteiger charge is -2.35. The van der Waals surface area contributed by atoms with Gasteiger partial charge in [-0.2, -0.15) is 0 Å². The van der Waals surface area contributed by atoms with E-state index in [1.165, 1.54) is 6.92 Å². The van der Waals surface area contributed by atoms with Crippen molar-refractivity contribution in [1.29, 1.82) is 0 Å². The van der Waals surface area contributed by atoms with E-state index in [9.17, 15) is 14.4 Å². The number of ether oxygens (including phenoxy) is 3. The maximum Gasteiger partial charge on any atom is 0.408 e. The van der Waals surface area contributed by atoms with Gasteiger partial charge in [0.15, 0.2) is 5.78 Å².